The number of hydrogen-bond donors (Lipinski definition) is 1. The van der Waals surface area contributed by atoms with Gasteiger partial charge in [-0.1, -0.05) is 59.7 Å². The molecule has 1 aromatic carbocycles. The topological polar surface area (TPSA) is 15.8 Å². The monoisotopic (exact) mass is 235 g/mol. The van der Waals surface area contributed by atoms with Gasteiger partial charge in [-0.2, -0.15) is 0 Å². The number of aryl methyl sites for hydroxylation is 2. The fourth-order valence-electron chi connectivity index (χ4n) is 1.42. The van der Waals surface area contributed by atoms with Crippen LogP contribution in [0.2, 0.25) is 0 Å². The van der Waals surface area contributed by atoms with E-state index in [0.29, 0.717) is 0 Å². The van der Waals surface area contributed by atoms with Gasteiger partial charge in [-0.3, -0.25) is 0 Å². The lowest BCUT2D eigenvalue weighted by Gasteiger charge is -1.87. The Morgan fingerprint density at radius 1 is 0.765 bits per heavy atom. The number of H-pyrrole nitrogens is 1. The second kappa shape index (κ2) is 11.3. The Kier molecular flexibility index (Phi) is 12.0. The van der Waals surface area contributed by atoms with Gasteiger partial charge in [0, 0.05) is 16.6 Å². The van der Waals surface area contributed by atoms with E-state index in [1.54, 1.807) is 0 Å². The molecule has 2 rings (SSSR count). The highest BCUT2D eigenvalue weighted by Crippen LogP contribution is 2.19. The van der Waals surface area contributed by atoms with E-state index in [1.807, 2.05) is 41.5 Å². The molecule has 0 fully saturated rings. The summed E-state index contributed by atoms with van der Waals surface area (Å²) in [4.78, 5) is 3.33. The van der Waals surface area contributed by atoms with Crippen LogP contribution in [0.15, 0.2) is 24.3 Å². The molecule has 1 N–H and O–H groups in total. The van der Waals surface area contributed by atoms with E-state index in [1.165, 1.54) is 22.2 Å². The SMILES string of the molecule is CC.CC.CC.Cc1[nH]c2ccccc2c1C. The van der Waals surface area contributed by atoms with E-state index in [-0.39, 0.29) is 0 Å². The lowest BCUT2D eigenvalue weighted by atomic mass is 10.2. The first-order valence-electron chi connectivity index (χ1n) is 6.83. The maximum absolute atomic E-state index is 3.33. The molecule has 0 unspecified atom stereocenters. The quantitative estimate of drug-likeness (QED) is 0.588. The molecule has 0 aliphatic carbocycles. The molecule has 2 aromatic rings. The van der Waals surface area contributed by atoms with Gasteiger partial charge >= 0.3 is 0 Å². The summed E-state index contributed by atoms with van der Waals surface area (Å²) in [5.74, 6) is 0. The third kappa shape index (κ3) is 5.08. The summed E-state index contributed by atoms with van der Waals surface area (Å²) >= 11 is 0. The zero-order valence-corrected chi connectivity index (χ0v) is 12.8. The Morgan fingerprint density at radius 2 is 1.24 bits per heavy atom. The van der Waals surface area contributed by atoms with Gasteiger partial charge in [0.2, 0.25) is 0 Å². The maximum atomic E-state index is 3.33. The van der Waals surface area contributed by atoms with Crippen molar-refractivity contribution in [3.8, 4) is 0 Å². The molecular formula is C16H29N. The number of aromatic nitrogens is 1. The van der Waals surface area contributed by atoms with Crippen LogP contribution >= 0.6 is 0 Å². The van der Waals surface area contributed by atoms with Crippen LogP contribution in [-0.4, -0.2) is 4.98 Å². The maximum Gasteiger partial charge on any atom is 0.0458 e. The molecule has 1 heteroatoms. The van der Waals surface area contributed by atoms with Crippen LogP contribution in [0.25, 0.3) is 10.9 Å². The lowest BCUT2D eigenvalue weighted by Crippen LogP contribution is -1.70. The van der Waals surface area contributed by atoms with Crippen molar-refractivity contribution in [3.63, 3.8) is 0 Å². The summed E-state index contributed by atoms with van der Waals surface area (Å²) in [6, 6.07) is 8.38. The molecule has 17 heavy (non-hydrogen) atoms. The Hall–Kier alpha value is -1.24. The largest absolute Gasteiger partial charge is 0.358 e. The van der Waals surface area contributed by atoms with Gasteiger partial charge in [0.1, 0.15) is 0 Å². The predicted octanol–water partition coefficient (Wildman–Crippen LogP) is 5.86. The standard InChI is InChI=1S/C10H11N.3C2H6/c1-7-8(2)11-10-6-4-3-5-9(7)10;3*1-2/h3-6,11H,1-2H3;3*1-2H3. The molecular weight excluding hydrogens is 206 g/mol. The minimum atomic E-state index is 1.24. The molecule has 0 aliphatic rings. The Bertz CT molecular complexity index is 385. The second-order valence-electron chi connectivity index (χ2n) is 2.92. The molecule has 0 bridgehead atoms. The van der Waals surface area contributed by atoms with Gasteiger partial charge in [0.05, 0.1) is 0 Å². The normalized spacial score (nSPS) is 8.00. The van der Waals surface area contributed by atoms with Gasteiger partial charge in [-0.05, 0) is 25.5 Å². The molecule has 0 atom stereocenters. The van der Waals surface area contributed by atoms with E-state index in [9.17, 15) is 0 Å². The van der Waals surface area contributed by atoms with E-state index in [2.05, 4.69) is 43.1 Å². The van der Waals surface area contributed by atoms with Crippen molar-refractivity contribution in [3.05, 3.63) is 35.5 Å². The van der Waals surface area contributed by atoms with Gasteiger partial charge in [0.25, 0.3) is 0 Å². The molecule has 1 aromatic heterocycles. The highest BCUT2D eigenvalue weighted by Gasteiger charge is 2.00. The van der Waals surface area contributed by atoms with Crippen LogP contribution in [0.1, 0.15) is 52.8 Å². The molecule has 1 heterocycles. The molecule has 0 aliphatic heterocycles. The van der Waals surface area contributed by atoms with Crippen molar-refractivity contribution in [2.45, 2.75) is 55.4 Å². The van der Waals surface area contributed by atoms with E-state index < -0.39 is 0 Å². The van der Waals surface area contributed by atoms with Crippen molar-refractivity contribution in [2.24, 2.45) is 0 Å². The number of rotatable bonds is 0. The molecule has 0 spiro atoms. The number of aromatic amines is 1. The van der Waals surface area contributed by atoms with E-state index >= 15 is 0 Å². The number of para-hydroxylation sites is 1. The first-order valence-corrected chi connectivity index (χ1v) is 6.83. The van der Waals surface area contributed by atoms with Crippen LogP contribution in [-0.2, 0) is 0 Å². The Labute approximate surface area is 107 Å². The molecule has 0 amide bonds. The van der Waals surface area contributed by atoms with Crippen molar-refractivity contribution >= 4 is 10.9 Å². The summed E-state index contributed by atoms with van der Waals surface area (Å²) in [5, 5.41) is 1.34. The van der Waals surface area contributed by atoms with Crippen molar-refractivity contribution in [1.29, 1.82) is 0 Å². The summed E-state index contributed by atoms with van der Waals surface area (Å²) in [6.07, 6.45) is 0. The van der Waals surface area contributed by atoms with E-state index in [4.69, 9.17) is 0 Å². The van der Waals surface area contributed by atoms with E-state index in [0.717, 1.165) is 0 Å². The highest BCUT2D eigenvalue weighted by atomic mass is 14.7. The smallest absolute Gasteiger partial charge is 0.0458 e. The third-order valence-corrected chi connectivity index (χ3v) is 2.22. The third-order valence-electron chi connectivity index (χ3n) is 2.22. The summed E-state index contributed by atoms with van der Waals surface area (Å²) in [6.45, 7) is 16.3. The number of hydrogen-bond acceptors (Lipinski definition) is 0. The van der Waals surface area contributed by atoms with Crippen LogP contribution < -0.4 is 0 Å². The first kappa shape index (κ1) is 18.1. The molecule has 1 nitrogen and oxygen atoms in total. The minimum absolute atomic E-state index is 1.24. The van der Waals surface area contributed by atoms with Crippen LogP contribution in [0.5, 0.6) is 0 Å². The van der Waals surface area contributed by atoms with Crippen molar-refractivity contribution < 1.29 is 0 Å². The van der Waals surface area contributed by atoms with Gasteiger partial charge < -0.3 is 4.98 Å². The fourth-order valence-corrected chi connectivity index (χ4v) is 1.42. The first-order chi connectivity index (χ1) is 8.29. The lowest BCUT2D eigenvalue weighted by molar-refractivity contribution is 1.25. The zero-order chi connectivity index (χ0) is 13.8. The summed E-state index contributed by atoms with van der Waals surface area (Å²) in [5.41, 5.74) is 3.87. The second-order valence-corrected chi connectivity index (χ2v) is 2.92. The molecule has 98 valence electrons. The average molecular weight is 235 g/mol. The Morgan fingerprint density at radius 3 is 1.71 bits per heavy atom. The zero-order valence-electron chi connectivity index (χ0n) is 12.8. The predicted molar refractivity (Wildman–Crippen MR) is 81.8 cm³/mol. The van der Waals surface area contributed by atoms with Crippen molar-refractivity contribution in [2.75, 3.05) is 0 Å². The summed E-state index contributed by atoms with van der Waals surface area (Å²) in [7, 11) is 0. The van der Waals surface area contributed by atoms with Crippen LogP contribution in [0.4, 0.5) is 0 Å². The molecule has 0 radical (unpaired) electrons. The molecule has 0 saturated carbocycles. The summed E-state index contributed by atoms with van der Waals surface area (Å²) < 4.78 is 0. The van der Waals surface area contributed by atoms with Crippen LogP contribution in [0.3, 0.4) is 0 Å². The highest BCUT2D eigenvalue weighted by molar-refractivity contribution is 5.84. The Balaban J connectivity index is 0. The fraction of sp³-hybridized carbons (Fsp3) is 0.500. The van der Waals surface area contributed by atoms with Gasteiger partial charge in [-0.15, -0.1) is 0 Å². The number of nitrogens with one attached hydrogen (secondary N) is 1. The molecule has 0 saturated heterocycles. The number of fused-ring (bicyclic) bond motifs is 1. The average Bonchev–Trinajstić information content (AvgIpc) is 2.73. The van der Waals surface area contributed by atoms with Gasteiger partial charge in [-0.25, -0.2) is 0 Å². The van der Waals surface area contributed by atoms with Crippen molar-refractivity contribution in [1.82, 2.24) is 4.98 Å². The number of benzene rings is 1. The van der Waals surface area contributed by atoms with Gasteiger partial charge in [0.15, 0.2) is 0 Å². The minimum Gasteiger partial charge on any atom is -0.358 e. The van der Waals surface area contributed by atoms with Crippen LogP contribution in [0, 0.1) is 13.8 Å².